The van der Waals surface area contributed by atoms with Gasteiger partial charge in [0.25, 0.3) is 0 Å². The fraction of sp³-hybridized carbons (Fsp3) is 0.280. The van der Waals surface area contributed by atoms with Gasteiger partial charge in [-0.1, -0.05) is 39.7 Å². The summed E-state index contributed by atoms with van der Waals surface area (Å²) in [6.07, 6.45) is 3.02. The zero-order chi connectivity index (χ0) is 22.6. The molecule has 0 unspecified atom stereocenters. The van der Waals surface area contributed by atoms with Crippen molar-refractivity contribution in [3.63, 3.8) is 0 Å². The molecule has 2 aromatic rings. The van der Waals surface area contributed by atoms with Gasteiger partial charge in [-0.05, 0) is 61.6 Å². The van der Waals surface area contributed by atoms with Crippen molar-refractivity contribution in [2.45, 2.75) is 13.3 Å². The molecule has 32 heavy (non-hydrogen) atoms. The second-order valence-corrected chi connectivity index (χ2v) is 9.45. The van der Waals surface area contributed by atoms with Crippen LogP contribution in [0.1, 0.15) is 34.1 Å². The van der Waals surface area contributed by atoms with Gasteiger partial charge in [-0.25, -0.2) is 4.79 Å². The van der Waals surface area contributed by atoms with Gasteiger partial charge in [-0.2, -0.15) is 0 Å². The maximum atomic E-state index is 13.0. The Morgan fingerprint density at radius 2 is 1.59 bits per heavy atom. The smallest absolute Gasteiger partial charge is 0.338 e. The molecule has 2 amide bonds. The lowest BCUT2D eigenvalue weighted by Gasteiger charge is -2.19. The molecule has 2 aliphatic carbocycles. The third-order valence-corrected chi connectivity index (χ3v) is 7.27. The Hall–Kier alpha value is -3.06. The van der Waals surface area contributed by atoms with Gasteiger partial charge < -0.3 is 4.74 Å². The number of amides is 2. The Bertz CT molecular complexity index is 1170. The van der Waals surface area contributed by atoms with E-state index in [4.69, 9.17) is 4.74 Å². The van der Waals surface area contributed by atoms with E-state index in [2.05, 4.69) is 22.0 Å². The highest BCUT2D eigenvalue weighted by molar-refractivity contribution is 9.10. The number of allylic oxidation sites excluding steroid dienone is 2. The van der Waals surface area contributed by atoms with Crippen molar-refractivity contribution in [3.05, 3.63) is 75.8 Å². The fourth-order valence-corrected chi connectivity index (χ4v) is 5.47. The zero-order valence-corrected chi connectivity index (χ0v) is 18.9. The molecule has 7 heteroatoms. The molecular weight excluding hydrogens is 474 g/mol. The molecule has 0 spiro atoms. The predicted molar refractivity (Wildman–Crippen MR) is 120 cm³/mol. The molecule has 2 aromatic carbocycles. The van der Waals surface area contributed by atoms with E-state index in [0.29, 0.717) is 11.3 Å². The second-order valence-electron chi connectivity index (χ2n) is 8.53. The summed E-state index contributed by atoms with van der Waals surface area (Å²) in [6.45, 7) is 1.66. The minimum atomic E-state index is -0.643. The molecule has 1 saturated carbocycles. The molecule has 0 radical (unpaired) electrons. The third kappa shape index (κ3) is 3.32. The highest BCUT2D eigenvalue weighted by Gasteiger charge is 2.60. The quantitative estimate of drug-likeness (QED) is 0.270. The standard InChI is InChI=1S/C25H20BrNO5/c1-13-10-16-11-19(13)22-21(16)23(29)27(24(22)30)18-8-4-15(5-9-18)25(31)32-12-20(28)14-2-6-17(26)7-3-14/h2-10,16,19,21-22H,11-12H2,1H3/t16-,19+,21-,22-/m0/s1. The van der Waals surface area contributed by atoms with E-state index in [1.54, 1.807) is 36.4 Å². The molecule has 3 aliphatic rings. The summed E-state index contributed by atoms with van der Waals surface area (Å²) in [5, 5.41) is 0. The van der Waals surface area contributed by atoms with E-state index in [0.717, 1.165) is 10.9 Å². The monoisotopic (exact) mass is 493 g/mol. The van der Waals surface area contributed by atoms with Gasteiger partial charge in [0.2, 0.25) is 11.8 Å². The lowest BCUT2D eigenvalue weighted by molar-refractivity contribution is -0.123. The summed E-state index contributed by atoms with van der Waals surface area (Å²) in [6, 6.07) is 13.0. The van der Waals surface area contributed by atoms with Crippen LogP contribution in [0.15, 0.2) is 64.7 Å². The number of halogens is 1. The van der Waals surface area contributed by atoms with E-state index >= 15 is 0 Å². The van der Waals surface area contributed by atoms with Gasteiger partial charge in [0.05, 0.1) is 23.1 Å². The summed E-state index contributed by atoms with van der Waals surface area (Å²) in [7, 11) is 0. The SMILES string of the molecule is CC1=C[C@H]2C[C@H]1[C@@H]1C(=O)N(c3ccc(C(=O)OCC(=O)c4ccc(Br)cc4)cc3)C(=O)[C@H]12. The number of hydrogen-bond donors (Lipinski definition) is 0. The van der Waals surface area contributed by atoms with Crippen LogP contribution >= 0.6 is 15.9 Å². The zero-order valence-electron chi connectivity index (χ0n) is 17.3. The van der Waals surface area contributed by atoms with Gasteiger partial charge in [-0.3, -0.25) is 19.3 Å². The number of imide groups is 1. The first-order valence-corrected chi connectivity index (χ1v) is 11.3. The Balaban J connectivity index is 1.25. The molecule has 1 aliphatic heterocycles. The maximum Gasteiger partial charge on any atom is 0.338 e. The van der Waals surface area contributed by atoms with Crippen LogP contribution < -0.4 is 4.90 Å². The van der Waals surface area contributed by atoms with Crippen LogP contribution in [0.4, 0.5) is 5.69 Å². The first kappa shape index (κ1) is 20.8. The highest BCUT2D eigenvalue weighted by Crippen LogP contribution is 2.55. The maximum absolute atomic E-state index is 13.0. The number of nitrogens with zero attached hydrogens (tertiary/aromatic N) is 1. The van der Waals surface area contributed by atoms with Crippen molar-refractivity contribution in [1.29, 1.82) is 0 Å². The van der Waals surface area contributed by atoms with Crippen molar-refractivity contribution < 1.29 is 23.9 Å². The number of ether oxygens (including phenoxy) is 1. The Labute approximate surface area is 193 Å². The van der Waals surface area contributed by atoms with E-state index in [1.165, 1.54) is 22.6 Å². The van der Waals surface area contributed by atoms with Gasteiger partial charge in [0, 0.05) is 10.0 Å². The average Bonchev–Trinajstić information content (AvgIpc) is 3.42. The number of rotatable bonds is 5. The van der Waals surface area contributed by atoms with Crippen molar-refractivity contribution >= 4 is 45.2 Å². The first-order valence-electron chi connectivity index (χ1n) is 10.5. The first-order chi connectivity index (χ1) is 15.3. The van der Waals surface area contributed by atoms with Crippen LogP contribution in [0.2, 0.25) is 0 Å². The topological polar surface area (TPSA) is 80.8 Å². The molecule has 2 bridgehead atoms. The van der Waals surface area contributed by atoms with Crippen molar-refractivity contribution in [3.8, 4) is 0 Å². The lowest BCUT2D eigenvalue weighted by Crippen LogP contribution is -2.32. The summed E-state index contributed by atoms with van der Waals surface area (Å²) in [4.78, 5) is 51.8. The van der Waals surface area contributed by atoms with E-state index in [-0.39, 0.29) is 53.4 Å². The van der Waals surface area contributed by atoms with Crippen LogP contribution in [0.3, 0.4) is 0 Å². The number of anilines is 1. The van der Waals surface area contributed by atoms with Gasteiger partial charge >= 0.3 is 5.97 Å². The van der Waals surface area contributed by atoms with Crippen LogP contribution in [0.5, 0.6) is 0 Å². The van der Waals surface area contributed by atoms with Crippen molar-refractivity contribution in [2.75, 3.05) is 11.5 Å². The summed E-state index contributed by atoms with van der Waals surface area (Å²) in [5.41, 5.74) is 2.35. The highest BCUT2D eigenvalue weighted by atomic mass is 79.9. The molecule has 0 N–H and O–H groups in total. The summed E-state index contributed by atoms with van der Waals surface area (Å²) in [5.74, 6) is -1.51. The molecule has 0 aromatic heterocycles. The summed E-state index contributed by atoms with van der Waals surface area (Å²) >= 11 is 3.31. The van der Waals surface area contributed by atoms with E-state index in [9.17, 15) is 19.2 Å². The number of Topliss-reactive ketones (excluding diaryl/α,β-unsaturated/α-hetero) is 1. The molecule has 1 heterocycles. The van der Waals surface area contributed by atoms with Gasteiger partial charge in [0.15, 0.2) is 12.4 Å². The molecular formula is C25H20BrNO5. The number of hydrogen-bond acceptors (Lipinski definition) is 5. The third-order valence-electron chi connectivity index (χ3n) is 6.74. The predicted octanol–water partition coefficient (Wildman–Crippen LogP) is 4.19. The fourth-order valence-electron chi connectivity index (χ4n) is 5.21. The molecule has 162 valence electrons. The number of benzene rings is 2. The number of carbonyl (C=O) groups is 4. The van der Waals surface area contributed by atoms with E-state index < -0.39 is 5.97 Å². The lowest BCUT2D eigenvalue weighted by atomic mass is 9.82. The van der Waals surface area contributed by atoms with Crippen LogP contribution in [-0.2, 0) is 14.3 Å². The van der Waals surface area contributed by atoms with Crippen molar-refractivity contribution in [2.24, 2.45) is 23.7 Å². The second kappa shape index (κ2) is 7.81. The van der Waals surface area contributed by atoms with E-state index in [1.807, 2.05) is 6.92 Å². The minimum absolute atomic E-state index is 0.143. The molecule has 1 saturated heterocycles. The number of fused-ring (bicyclic) bond motifs is 5. The Kier molecular flexibility index (Phi) is 5.08. The largest absolute Gasteiger partial charge is 0.454 e. The van der Waals surface area contributed by atoms with Crippen LogP contribution in [-0.4, -0.2) is 30.2 Å². The van der Waals surface area contributed by atoms with Crippen LogP contribution in [0.25, 0.3) is 0 Å². The Morgan fingerprint density at radius 3 is 2.28 bits per heavy atom. The van der Waals surface area contributed by atoms with Gasteiger partial charge in [-0.15, -0.1) is 0 Å². The Morgan fingerprint density at radius 1 is 0.969 bits per heavy atom. The minimum Gasteiger partial charge on any atom is -0.454 e. The molecule has 6 nitrogen and oxygen atoms in total. The normalized spacial score (nSPS) is 25.7. The van der Waals surface area contributed by atoms with Crippen molar-refractivity contribution in [1.82, 2.24) is 0 Å². The average molecular weight is 494 g/mol. The molecule has 5 rings (SSSR count). The number of ketones is 1. The number of carbonyl (C=O) groups excluding carboxylic acids is 4. The summed E-state index contributed by atoms with van der Waals surface area (Å²) < 4.78 is 5.99. The molecule has 4 atom stereocenters. The van der Waals surface area contributed by atoms with Crippen LogP contribution in [0, 0.1) is 23.7 Å². The number of esters is 1. The van der Waals surface area contributed by atoms with Gasteiger partial charge in [0.1, 0.15) is 0 Å². The molecule has 2 fully saturated rings.